The third-order valence-corrected chi connectivity index (χ3v) is 9.30. The van der Waals surface area contributed by atoms with E-state index in [0.717, 1.165) is 29.3 Å². The number of ether oxygens (including phenoxy) is 1. The van der Waals surface area contributed by atoms with Crippen molar-refractivity contribution >= 4 is 29.1 Å². The number of thioether (sulfide) groups is 1. The summed E-state index contributed by atoms with van der Waals surface area (Å²) in [5.41, 5.74) is 1.90. The largest absolute Gasteiger partial charge is 0.497 e. The molecule has 5 heteroatoms. The van der Waals surface area contributed by atoms with Crippen molar-refractivity contribution < 1.29 is 14.6 Å². The second kappa shape index (κ2) is 7.10. The summed E-state index contributed by atoms with van der Waals surface area (Å²) in [6.07, 6.45) is 7.74. The van der Waals surface area contributed by atoms with Gasteiger partial charge in [-0.1, -0.05) is 0 Å². The summed E-state index contributed by atoms with van der Waals surface area (Å²) < 4.78 is 5.25. The molecule has 4 fully saturated rings. The van der Waals surface area contributed by atoms with Gasteiger partial charge in [-0.15, -0.1) is 23.1 Å². The zero-order chi connectivity index (χ0) is 19.3. The smallest absolute Gasteiger partial charge is 0.336 e. The van der Waals surface area contributed by atoms with Crippen LogP contribution in [0.25, 0.3) is 0 Å². The van der Waals surface area contributed by atoms with E-state index in [1.165, 1.54) is 53.9 Å². The molecule has 28 heavy (non-hydrogen) atoms. The molecule has 0 saturated heterocycles. The molecule has 1 N–H and O–H groups in total. The Bertz CT molecular complexity index is 848. The predicted molar refractivity (Wildman–Crippen MR) is 114 cm³/mol. The number of rotatable bonds is 6. The van der Waals surface area contributed by atoms with Gasteiger partial charge in [-0.3, -0.25) is 0 Å². The van der Waals surface area contributed by atoms with Gasteiger partial charge < -0.3 is 9.84 Å². The van der Waals surface area contributed by atoms with Gasteiger partial charge in [0.1, 0.15) is 5.75 Å². The maximum absolute atomic E-state index is 12.1. The first kappa shape index (κ1) is 18.6. The number of methoxy groups -OCH3 is 1. The first-order chi connectivity index (χ1) is 13.6. The van der Waals surface area contributed by atoms with Crippen LogP contribution in [0, 0.1) is 17.8 Å². The third-order valence-electron chi connectivity index (χ3n) is 7.10. The molecule has 148 valence electrons. The molecule has 6 rings (SSSR count). The molecular formula is C23H26O3S2. The average molecular weight is 415 g/mol. The van der Waals surface area contributed by atoms with Gasteiger partial charge in [0.25, 0.3) is 0 Å². The summed E-state index contributed by atoms with van der Waals surface area (Å²) in [5, 5.41) is 11.8. The molecule has 4 aliphatic rings. The van der Waals surface area contributed by atoms with E-state index in [4.69, 9.17) is 4.74 Å². The van der Waals surface area contributed by atoms with Crippen molar-refractivity contribution in [1.82, 2.24) is 0 Å². The van der Waals surface area contributed by atoms with E-state index in [9.17, 15) is 9.90 Å². The lowest BCUT2D eigenvalue weighted by Crippen LogP contribution is -2.49. The van der Waals surface area contributed by atoms with Gasteiger partial charge in [-0.05, 0) is 91.5 Å². The minimum Gasteiger partial charge on any atom is -0.497 e. The lowest BCUT2D eigenvalue weighted by Gasteiger charge is -2.57. The lowest BCUT2D eigenvalue weighted by molar-refractivity contribution is -0.00588. The van der Waals surface area contributed by atoms with E-state index >= 15 is 0 Å². The Morgan fingerprint density at radius 2 is 1.75 bits per heavy atom. The van der Waals surface area contributed by atoms with Crippen LogP contribution >= 0.6 is 23.1 Å². The van der Waals surface area contributed by atoms with Crippen LogP contribution in [0.2, 0.25) is 0 Å². The molecule has 4 aliphatic carbocycles. The fraction of sp³-hybridized carbons (Fsp3) is 0.522. The average Bonchev–Trinajstić information content (AvgIpc) is 3.11. The van der Waals surface area contributed by atoms with Crippen LogP contribution < -0.4 is 4.74 Å². The molecule has 0 amide bonds. The summed E-state index contributed by atoms with van der Waals surface area (Å²) in [6.45, 7) is 0. The lowest BCUT2D eigenvalue weighted by atomic mass is 9.47. The minimum atomic E-state index is -0.748. The number of carboxylic acid groups (broad SMARTS) is 1. The maximum Gasteiger partial charge on any atom is 0.336 e. The Morgan fingerprint density at radius 1 is 1.14 bits per heavy atom. The van der Waals surface area contributed by atoms with Crippen LogP contribution in [0.5, 0.6) is 5.75 Å². The molecule has 0 radical (unpaired) electrons. The van der Waals surface area contributed by atoms with Crippen molar-refractivity contribution in [1.29, 1.82) is 0 Å². The summed E-state index contributed by atoms with van der Waals surface area (Å²) in [6, 6.07) is 8.14. The van der Waals surface area contributed by atoms with Crippen molar-refractivity contribution in [2.45, 2.75) is 54.6 Å². The molecule has 0 spiro atoms. The van der Waals surface area contributed by atoms with Crippen LogP contribution in [-0.2, 0) is 11.2 Å². The zero-order valence-electron chi connectivity index (χ0n) is 16.1. The minimum absolute atomic E-state index is 0.123. The van der Waals surface area contributed by atoms with E-state index in [-0.39, 0.29) is 5.41 Å². The molecule has 2 aromatic rings. The van der Waals surface area contributed by atoms with Crippen LogP contribution in [0.3, 0.4) is 0 Å². The molecule has 1 aromatic carbocycles. The van der Waals surface area contributed by atoms with E-state index < -0.39 is 5.97 Å². The van der Waals surface area contributed by atoms with Crippen molar-refractivity contribution in [3.05, 3.63) is 45.6 Å². The van der Waals surface area contributed by atoms with Crippen LogP contribution in [-0.4, -0.2) is 18.2 Å². The number of benzene rings is 1. The van der Waals surface area contributed by atoms with E-state index in [2.05, 4.69) is 12.1 Å². The number of thiophene rings is 1. The second-order valence-corrected chi connectivity index (χ2v) is 10.9. The summed E-state index contributed by atoms with van der Waals surface area (Å²) in [7, 11) is 1.68. The number of hydrogen-bond acceptors (Lipinski definition) is 4. The second-order valence-electron chi connectivity index (χ2n) is 8.91. The van der Waals surface area contributed by atoms with Crippen LogP contribution in [0.1, 0.15) is 59.3 Å². The fourth-order valence-corrected chi connectivity index (χ4v) is 8.62. The third kappa shape index (κ3) is 3.17. The Balaban J connectivity index is 1.45. The number of carboxylic acids is 1. The molecule has 0 aliphatic heterocycles. The molecule has 4 saturated carbocycles. The monoisotopic (exact) mass is 414 g/mol. The highest BCUT2D eigenvalue weighted by Gasteiger charge is 2.53. The first-order valence-electron chi connectivity index (χ1n) is 10.2. The van der Waals surface area contributed by atoms with Gasteiger partial charge in [0.05, 0.1) is 12.7 Å². The normalized spacial score (nSPS) is 30.5. The Morgan fingerprint density at radius 3 is 2.29 bits per heavy atom. The van der Waals surface area contributed by atoms with Crippen molar-refractivity contribution in [2.75, 3.05) is 7.11 Å². The quantitative estimate of drug-likeness (QED) is 0.570. The van der Waals surface area contributed by atoms with Gasteiger partial charge in [0.2, 0.25) is 0 Å². The van der Waals surface area contributed by atoms with E-state index in [1.54, 1.807) is 30.2 Å². The summed E-state index contributed by atoms with van der Waals surface area (Å²) in [4.78, 5) is 14.5. The van der Waals surface area contributed by atoms with Gasteiger partial charge in [0.15, 0.2) is 0 Å². The van der Waals surface area contributed by atoms with Crippen molar-refractivity contribution in [3.8, 4) is 5.75 Å². The Hall–Kier alpha value is -1.46. The van der Waals surface area contributed by atoms with Gasteiger partial charge in [-0.25, -0.2) is 4.79 Å². The molecular weight excluding hydrogens is 388 g/mol. The van der Waals surface area contributed by atoms with Crippen LogP contribution in [0.15, 0.2) is 34.5 Å². The Labute approximate surface area is 174 Å². The Kier molecular flexibility index (Phi) is 4.71. The predicted octanol–water partition coefficient (Wildman–Crippen LogP) is 6.22. The van der Waals surface area contributed by atoms with Gasteiger partial charge >= 0.3 is 5.97 Å². The molecule has 4 bridgehead atoms. The number of carbonyl (C=O) groups is 1. The SMILES string of the molecule is COc1ccc(SCc2scc(C(=O)O)c2C23CC4CC(CC(C4)C2)C3)cc1. The van der Waals surface area contributed by atoms with Gasteiger partial charge in [0, 0.05) is 20.9 Å². The highest BCUT2D eigenvalue weighted by atomic mass is 32.2. The zero-order valence-corrected chi connectivity index (χ0v) is 17.8. The number of aromatic carboxylic acids is 1. The molecule has 1 aromatic heterocycles. The topological polar surface area (TPSA) is 46.5 Å². The number of hydrogen-bond donors (Lipinski definition) is 1. The summed E-state index contributed by atoms with van der Waals surface area (Å²) >= 11 is 3.45. The fourth-order valence-electron chi connectivity index (χ4n) is 6.48. The molecule has 1 heterocycles. The van der Waals surface area contributed by atoms with Crippen LogP contribution in [0.4, 0.5) is 0 Å². The molecule has 0 unspecified atom stereocenters. The molecule has 3 nitrogen and oxygen atoms in total. The summed E-state index contributed by atoms with van der Waals surface area (Å²) in [5.74, 6) is 3.41. The highest BCUT2D eigenvalue weighted by Crippen LogP contribution is 2.62. The van der Waals surface area contributed by atoms with Crippen molar-refractivity contribution in [3.63, 3.8) is 0 Å². The standard InChI is InChI=1S/C23H26O3S2/c1-26-17-2-4-18(5-3-17)27-13-20-21(19(12-28-20)22(24)25)23-9-14-6-15(10-23)8-16(7-14)11-23/h2-5,12,14-16H,6-11,13H2,1H3,(H,24,25). The highest BCUT2D eigenvalue weighted by molar-refractivity contribution is 7.98. The van der Waals surface area contributed by atoms with E-state index in [1.807, 2.05) is 17.5 Å². The van der Waals surface area contributed by atoms with E-state index in [0.29, 0.717) is 5.56 Å². The maximum atomic E-state index is 12.1. The van der Waals surface area contributed by atoms with Gasteiger partial charge in [-0.2, -0.15) is 0 Å². The van der Waals surface area contributed by atoms with Crippen molar-refractivity contribution in [2.24, 2.45) is 17.8 Å². The first-order valence-corrected chi connectivity index (χ1v) is 12.0. The molecule has 0 atom stereocenters.